The molecule has 0 bridgehead atoms. The average molecular weight is 322 g/mol. The SMILES string of the molecule is O=[PH]([O-])[O-].O=[PH]([O-])[O-].O=[PH]([O-])[O-].[H+].[H+].[H+].[H+].[K+].[K+]. The first-order valence-corrected chi connectivity index (χ1v) is 5.51. The zero-order chi connectivity index (χ0) is 10.7. The van der Waals surface area contributed by atoms with Gasteiger partial charge in [0.05, 0.1) is 0 Å². The smallest absolute Gasteiger partial charge is 0.813 e. The summed E-state index contributed by atoms with van der Waals surface area (Å²) in [6.07, 6.45) is 0. The van der Waals surface area contributed by atoms with E-state index >= 15 is 0 Å². The summed E-state index contributed by atoms with van der Waals surface area (Å²) in [5, 5.41) is 0. The molecule has 9 nitrogen and oxygen atoms in total. The van der Waals surface area contributed by atoms with Gasteiger partial charge in [-0.15, -0.1) is 0 Å². The molecule has 0 N–H and O–H groups in total. The van der Waals surface area contributed by atoms with Gasteiger partial charge in [0, 0.05) is 0 Å². The van der Waals surface area contributed by atoms with Gasteiger partial charge in [0.1, 0.15) is 0 Å². The van der Waals surface area contributed by atoms with Gasteiger partial charge >= 0.3 is 108 Å². The predicted octanol–water partition coefficient (Wildman–Crippen LogP) is -11.3. The molecule has 0 radical (unpaired) electrons. The van der Waals surface area contributed by atoms with Crippen molar-refractivity contribution in [1.82, 2.24) is 0 Å². The van der Waals surface area contributed by atoms with E-state index in [2.05, 4.69) is 0 Å². The molecule has 0 aromatic heterocycles. The molecule has 0 aliphatic heterocycles. The molecule has 0 aromatic carbocycles. The van der Waals surface area contributed by atoms with E-state index in [1.807, 2.05) is 0 Å². The van der Waals surface area contributed by atoms with Gasteiger partial charge < -0.3 is 43.1 Å². The number of hydrogen-bond acceptors (Lipinski definition) is 9. The molecule has 0 saturated heterocycles. The van der Waals surface area contributed by atoms with Crippen molar-refractivity contribution in [1.29, 1.82) is 0 Å². The Morgan fingerprint density at radius 2 is 0.571 bits per heavy atom. The summed E-state index contributed by atoms with van der Waals surface area (Å²) >= 11 is 0. The minimum absolute atomic E-state index is 0. The maximum absolute atomic E-state index is 8.52. The van der Waals surface area contributed by atoms with Crippen molar-refractivity contribution in [2.45, 2.75) is 0 Å². The second-order valence-electron chi connectivity index (χ2n) is 0.750. The zero-order valence-corrected chi connectivity index (χ0v) is 16.4. The van der Waals surface area contributed by atoms with Crippen LogP contribution in [0.1, 0.15) is 5.71 Å². The molecular weight excluding hydrogens is 315 g/mol. The molecule has 0 aromatic rings. The van der Waals surface area contributed by atoms with Crippen LogP contribution in [0.2, 0.25) is 0 Å². The Balaban J connectivity index is -0.00000000827. The van der Waals surface area contributed by atoms with Crippen LogP contribution in [0.3, 0.4) is 0 Å². The topological polar surface area (TPSA) is 190 Å². The molecule has 78 valence electrons. The van der Waals surface area contributed by atoms with E-state index in [4.69, 9.17) is 43.1 Å². The van der Waals surface area contributed by atoms with Gasteiger partial charge in [-0.1, -0.05) is 24.8 Å². The van der Waals surface area contributed by atoms with Crippen molar-refractivity contribution < 1.29 is 152 Å². The van der Waals surface area contributed by atoms with Crippen molar-refractivity contribution in [2.24, 2.45) is 0 Å². The molecule has 0 atom stereocenters. The van der Waals surface area contributed by atoms with E-state index in [1.165, 1.54) is 0 Å². The fourth-order valence-electron chi connectivity index (χ4n) is 0. The maximum Gasteiger partial charge on any atom is 1.00 e. The summed E-state index contributed by atoms with van der Waals surface area (Å²) in [4.78, 5) is 51.1. The molecule has 14 heavy (non-hydrogen) atoms. The fraction of sp³-hybridized carbons (Fsp3) is 0. The third-order valence-electron chi connectivity index (χ3n) is 0. The molecular formula is H7K2O9P3. The van der Waals surface area contributed by atoms with E-state index in [0.717, 1.165) is 0 Å². The summed E-state index contributed by atoms with van der Waals surface area (Å²) in [7, 11) is -10.9. The Labute approximate surface area is 173 Å². The van der Waals surface area contributed by atoms with E-state index in [0.29, 0.717) is 0 Å². The van der Waals surface area contributed by atoms with Gasteiger partial charge in [-0.05, 0) is 0 Å². The Bertz CT molecular complexity index is 129. The zero-order valence-electron chi connectivity index (χ0n) is 11.2. The fourth-order valence-corrected chi connectivity index (χ4v) is 0. The molecule has 0 rings (SSSR count). The average Bonchev–Trinajstić information content (AvgIpc) is 1.54. The Hall–Kier alpha value is 3.72. The van der Waals surface area contributed by atoms with E-state index in [1.54, 1.807) is 0 Å². The van der Waals surface area contributed by atoms with Crippen LogP contribution in [-0.4, -0.2) is 0 Å². The van der Waals surface area contributed by atoms with Crippen molar-refractivity contribution >= 4 is 24.8 Å². The molecule has 0 spiro atoms. The van der Waals surface area contributed by atoms with Crippen molar-refractivity contribution in [2.75, 3.05) is 0 Å². The van der Waals surface area contributed by atoms with Crippen LogP contribution in [0.4, 0.5) is 0 Å². The van der Waals surface area contributed by atoms with Crippen molar-refractivity contribution in [3.8, 4) is 0 Å². The summed E-state index contributed by atoms with van der Waals surface area (Å²) < 4.78 is 25.6. The standard InChI is InChI=1S/2K.3H3O3P/c;;3*1-4(2)3/h;;3*4H,(H2,1,2,3)/q2*+1;;;/p-2. The van der Waals surface area contributed by atoms with Crippen LogP contribution < -0.4 is 132 Å². The monoisotopic (exact) mass is 322 g/mol. The first-order chi connectivity index (χ1) is 5.20. The normalized spacial score (nSPS) is 7.50. The summed E-state index contributed by atoms with van der Waals surface area (Å²) in [6, 6.07) is 0. The number of rotatable bonds is 0. The molecule has 0 saturated carbocycles. The quantitative estimate of drug-likeness (QED) is 0.308. The number of hydrogen-bond donors (Lipinski definition) is 0. The summed E-state index contributed by atoms with van der Waals surface area (Å²) in [5.41, 5.74) is 0. The minimum atomic E-state index is -3.63. The van der Waals surface area contributed by atoms with Gasteiger partial charge in [0.2, 0.25) is 0 Å². The Morgan fingerprint density at radius 3 is 0.571 bits per heavy atom. The van der Waals surface area contributed by atoms with Crippen LogP contribution in [0.5, 0.6) is 0 Å². The van der Waals surface area contributed by atoms with Gasteiger partial charge in [-0.3, -0.25) is 0 Å². The molecule has 14 heteroatoms. The molecule has 0 aliphatic carbocycles. The molecule has 0 heterocycles. The van der Waals surface area contributed by atoms with Gasteiger partial charge in [0.15, 0.2) is 0 Å². The van der Waals surface area contributed by atoms with Crippen LogP contribution in [0.25, 0.3) is 0 Å². The van der Waals surface area contributed by atoms with E-state index in [-0.39, 0.29) is 108 Å². The van der Waals surface area contributed by atoms with E-state index < -0.39 is 24.8 Å². The molecule has 0 unspecified atom stereocenters. The molecule has 0 fully saturated rings. The maximum atomic E-state index is 8.52. The van der Waals surface area contributed by atoms with Crippen LogP contribution >= 0.6 is 24.8 Å². The van der Waals surface area contributed by atoms with Gasteiger partial charge in [-0.25, -0.2) is 0 Å². The second-order valence-corrected chi connectivity index (χ2v) is 2.25. The van der Waals surface area contributed by atoms with Gasteiger partial charge in [0.25, 0.3) is 0 Å². The van der Waals surface area contributed by atoms with Crippen molar-refractivity contribution in [3.63, 3.8) is 0 Å². The van der Waals surface area contributed by atoms with Crippen LogP contribution in [-0.2, 0) is 13.7 Å². The third kappa shape index (κ3) is 246. The van der Waals surface area contributed by atoms with Crippen LogP contribution in [0, 0.1) is 0 Å². The minimum Gasteiger partial charge on any atom is -0.813 e. The molecule has 0 amide bonds. The largest absolute Gasteiger partial charge is 1.00 e. The third-order valence-corrected chi connectivity index (χ3v) is 0. The van der Waals surface area contributed by atoms with Crippen molar-refractivity contribution in [3.05, 3.63) is 0 Å². The first kappa shape index (κ1) is 30.6. The summed E-state index contributed by atoms with van der Waals surface area (Å²) in [6.45, 7) is 0. The Kier molecular flexibility index (Phi) is 55.9. The van der Waals surface area contributed by atoms with Crippen LogP contribution in [0.15, 0.2) is 0 Å². The first-order valence-electron chi connectivity index (χ1n) is 1.84. The van der Waals surface area contributed by atoms with Gasteiger partial charge in [-0.2, -0.15) is 0 Å². The predicted molar refractivity (Wildman–Crippen MR) is 31.5 cm³/mol. The summed E-state index contributed by atoms with van der Waals surface area (Å²) in [5.74, 6) is 0. The molecule has 0 aliphatic rings. The van der Waals surface area contributed by atoms with E-state index in [9.17, 15) is 0 Å². The second kappa shape index (κ2) is 25.5. The Morgan fingerprint density at radius 1 is 0.571 bits per heavy atom.